The van der Waals surface area contributed by atoms with E-state index in [2.05, 4.69) is 16.5 Å². The predicted octanol–water partition coefficient (Wildman–Crippen LogP) is 4.14. The van der Waals surface area contributed by atoms with Gasteiger partial charge < -0.3 is 9.88 Å². The molecule has 1 amide bonds. The maximum absolute atomic E-state index is 13.3. The van der Waals surface area contributed by atoms with Crippen LogP contribution < -0.4 is 5.32 Å². The summed E-state index contributed by atoms with van der Waals surface area (Å²) in [6, 6.07) is 13.9. The maximum Gasteiger partial charge on any atom is 0.257 e. The summed E-state index contributed by atoms with van der Waals surface area (Å²) < 4.78 is 16.9. The van der Waals surface area contributed by atoms with E-state index >= 15 is 0 Å². The van der Waals surface area contributed by atoms with Gasteiger partial charge in [0.25, 0.3) is 5.91 Å². The Hall–Kier alpha value is -3.19. The number of benzene rings is 1. The summed E-state index contributed by atoms with van der Waals surface area (Å²) >= 11 is 1.67. The second-order valence-corrected chi connectivity index (χ2v) is 7.38. The highest BCUT2D eigenvalue weighted by atomic mass is 32.1. The van der Waals surface area contributed by atoms with Crippen molar-refractivity contribution in [2.75, 3.05) is 6.54 Å². The minimum Gasteiger partial charge on any atom is -0.351 e. The molecule has 4 aromatic rings. The number of carbonyl (C=O) groups is 1. The number of carbonyl (C=O) groups excluding carboxylic acids is 1. The monoisotopic (exact) mass is 394 g/mol. The van der Waals surface area contributed by atoms with Gasteiger partial charge in [0.2, 0.25) is 0 Å². The average Bonchev–Trinajstić information content (AvgIpc) is 3.43. The van der Waals surface area contributed by atoms with Crippen LogP contribution >= 0.6 is 11.3 Å². The van der Waals surface area contributed by atoms with Gasteiger partial charge in [-0.1, -0.05) is 6.07 Å². The number of nitrogens with zero attached hydrogens (tertiary/aromatic N) is 3. The van der Waals surface area contributed by atoms with Crippen LogP contribution in [0.5, 0.6) is 0 Å². The molecule has 0 aliphatic rings. The number of hydrogen-bond acceptors (Lipinski definition) is 3. The van der Waals surface area contributed by atoms with Gasteiger partial charge in [0.15, 0.2) is 5.82 Å². The van der Waals surface area contributed by atoms with Gasteiger partial charge in [-0.3, -0.25) is 4.79 Å². The van der Waals surface area contributed by atoms with Gasteiger partial charge in [0.1, 0.15) is 11.4 Å². The summed E-state index contributed by atoms with van der Waals surface area (Å²) in [7, 11) is 0. The Labute approximate surface area is 166 Å². The second-order valence-electron chi connectivity index (χ2n) is 6.35. The van der Waals surface area contributed by atoms with Crippen LogP contribution in [0.2, 0.25) is 0 Å². The van der Waals surface area contributed by atoms with Crippen molar-refractivity contribution in [3.05, 3.63) is 88.3 Å². The summed E-state index contributed by atoms with van der Waals surface area (Å²) in [5, 5.41) is 9.58. The van der Waals surface area contributed by atoms with E-state index in [-0.39, 0.29) is 11.7 Å². The molecule has 142 valence electrons. The average molecular weight is 394 g/mol. The lowest BCUT2D eigenvalue weighted by Gasteiger charge is -2.11. The van der Waals surface area contributed by atoms with Crippen molar-refractivity contribution in [2.24, 2.45) is 0 Å². The Balaban J connectivity index is 1.68. The number of halogens is 1. The van der Waals surface area contributed by atoms with Crippen molar-refractivity contribution in [1.82, 2.24) is 19.7 Å². The van der Waals surface area contributed by atoms with Crippen molar-refractivity contribution >= 4 is 17.2 Å². The molecule has 0 radical (unpaired) electrons. The van der Waals surface area contributed by atoms with Crippen LogP contribution in [0, 0.1) is 12.7 Å². The zero-order valence-corrected chi connectivity index (χ0v) is 16.1. The molecule has 5 nitrogen and oxygen atoms in total. The predicted molar refractivity (Wildman–Crippen MR) is 108 cm³/mol. The van der Waals surface area contributed by atoms with Gasteiger partial charge in [-0.15, -0.1) is 11.3 Å². The van der Waals surface area contributed by atoms with Crippen LogP contribution in [0.1, 0.15) is 20.9 Å². The van der Waals surface area contributed by atoms with E-state index in [9.17, 15) is 9.18 Å². The highest BCUT2D eigenvalue weighted by Crippen LogP contribution is 2.23. The van der Waals surface area contributed by atoms with E-state index in [4.69, 9.17) is 0 Å². The molecule has 0 saturated carbocycles. The first kappa shape index (κ1) is 18.2. The van der Waals surface area contributed by atoms with Gasteiger partial charge in [0, 0.05) is 23.8 Å². The van der Waals surface area contributed by atoms with Crippen LogP contribution in [0.25, 0.3) is 11.5 Å². The molecular weight excluding hydrogens is 375 g/mol. The summed E-state index contributed by atoms with van der Waals surface area (Å²) in [6.45, 7) is 2.35. The van der Waals surface area contributed by atoms with Crippen molar-refractivity contribution in [3.63, 3.8) is 0 Å². The zero-order valence-electron chi connectivity index (χ0n) is 15.3. The van der Waals surface area contributed by atoms with E-state index in [0.717, 1.165) is 6.42 Å². The molecule has 1 N–H and O–H groups in total. The molecule has 7 heteroatoms. The minimum atomic E-state index is -0.318. The SMILES string of the molecule is Cc1nn(-c2ccc(F)cc2)c(-n2cccc2)c1C(=O)NCCc1cccs1. The maximum atomic E-state index is 13.3. The number of aryl methyl sites for hydroxylation is 1. The summed E-state index contributed by atoms with van der Waals surface area (Å²) in [5.41, 5.74) is 1.80. The Morgan fingerprint density at radius 2 is 1.89 bits per heavy atom. The Bertz CT molecular complexity index is 1070. The molecule has 28 heavy (non-hydrogen) atoms. The minimum absolute atomic E-state index is 0.175. The molecule has 0 saturated heterocycles. The lowest BCUT2D eigenvalue weighted by Crippen LogP contribution is -2.27. The summed E-state index contributed by atoms with van der Waals surface area (Å²) in [4.78, 5) is 14.2. The van der Waals surface area contributed by atoms with Crippen LogP contribution in [0.15, 0.2) is 66.3 Å². The largest absolute Gasteiger partial charge is 0.351 e. The smallest absolute Gasteiger partial charge is 0.257 e. The lowest BCUT2D eigenvalue weighted by atomic mass is 10.2. The summed E-state index contributed by atoms with van der Waals surface area (Å²) in [5.74, 6) is 0.135. The normalized spacial score (nSPS) is 10.9. The number of nitrogens with one attached hydrogen (secondary N) is 1. The number of hydrogen-bond donors (Lipinski definition) is 1. The molecule has 3 aromatic heterocycles. The summed E-state index contributed by atoms with van der Waals surface area (Å²) in [6.07, 6.45) is 4.51. The number of rotatable bonds is 6. The number of amides is 1. The Morgan fingerprint density at radius 1 is 1.14 bits per heavy atom. The van der Waals surface area contributed by atoms with Gasteiger partial charge in [-0.2, -0.15) is 5.10 Å². The lowest BCUT2D eigenvalue weighted by molar-refractivity contribution is 0.0953. The van der Waals surface area contributed by atoms with Crippen LogP contribution in [-0.4, -0.2) is 26.8 Å². The van der Waals surface area contributed by atoms with Gasteiger partial charge in [-0.05, 0) is 61.2 Å². The van der Waals surface area contributed by atoms with E-state index in [1.54, 1.807) is 35.1 Å². The van der Waals surface area contributed by atoms with Crippen molar-refractivity contribution in [2.45, 2.75) is 13.3 Å². The molecule has 0 unspecified atom stereocenters. The van der Waals surface area contributed by atoms with E-state index in [1.165, 1.54) is 17.0 Å². The van der Waals surface area contributed by atoms with Crippen molar-refractivity contribution < 1.29 is 9.18 Å². The third-order valence-corrected chi connectivity index (χ3v) is 5.36. The molecule has 4 rings (SSSR count). The van der Waals surface area contributed by atoms with Crippen molar-refractivity contribution in [3.8, 4) is 11.5 Å². The first-order valence-corrected chi connectivity index (χ1v) is 9.81. The van der Waals surface area contributed by atoms with Crippen LogP contribution in [-0.2, 0) is 6.42 Å². The second kappa shape index (κ2) is 7.82. The molecule has 0 aliphatic heterocycles. The number of thiophene rings is 1. The van der Waals surface area contributed by atoms with E-state index < -0.39 is 0 Å². The van der Waals surface area contributed by atoms with E-state index in [1.807, 2.05) is 40.5 Å². The van der Waals surface area contributed by atoms with Gasteiger partial charge >= 0.3 is 0 Å². The molecule has 0 bridgehead atoms. The standard InChI is InChI=1S/C21H19FN4OS/c1-15-19(20(27)23-11-10-18-5-4-14-28-18)21(25-12-2-3-13-25)26(24-15)17-8-6-16(22)7-9-17/h2-9,12-14H,10-11H2,1H3,(H,23,27). The molecule has 0 spiro atoms. The fraction of sp³-hybridized carbons (Fsp3) is 0.143. The van der Waals surface area contributed by atoms with Crippen molar-refractivity contribution in [1.29, 1.82) is 0 Å². The fourth-order valence-electron chi connectivity index (χ4n) is 3.10. The fourth-order valence-corrected chi connectivity index (χ4v) is 3.81. The first-order chi connectivity index (χ1) is 13.6. The Kier molecular flexibility index (Phi) is 5.08. The quantitative estimate of drug-likeness (QED) is 0.534. The van der Waals surface area contributed by atoms with E-state index in [0.29, 0.717) is 29.3 Å². The topological polar surface area (TPSA) is 51.9 Å². The zero-order chi connectivity index (χ0) is 19.5. The Morgan fingerprint density at radius 3 is 2.57 bits per heavy atom. The third kappa shape index (κ3) is 3.61. The molecule has 3 heterocycles. The van der Waals surface area contributed by atoms with Gasteiger partial charge in [0.05, 0.1) is 11.4 Å². The number of aromatic nitrogens is 3. The molecule has 0 fully saturated rings. The molecule has 1 aromatic carbocycles. The molecule has 0 aliphatic carbocycles. The highest BCUT2D eigenvalue weighted by molar-refractivity contribution is 7.09. The molecular formula is C21H19FN4OS. The third-order valence-electron chi connectivity index (χ3n) is 4.42. The van der Waals surface area contributed by atoms with Gasteiger partial charge in [-0.25, -0.2) is 9.07 Å². The highest BCUT2D eigenvalue weighted by Gasteiger charge is 2.23. The first-order valence-electron chi connectivity index (χ1n) is 8.93. The van der Waals surface area contributed by atoms with Crippen LogP contribution in [0.3, 0.4) is 0 Å². The van der Waals surface area contributed by atoms with Crippen LogP contribution in [0.4, 0.5) is 4.39 Å². The molecule has 0 atom stereocenters.